The van der Waals surface area contributed by atoms with Gasteiger partial charge in [0.25, 0.3) is 0 Å². The second-order valence-electron chi connectivity index (χ2n) is 3.02. The summed E-state index contributed by atoms with van der Waals surface area (Å²) in [6.07, 6.45) is 3.18. The fourth-order valence-electron chi connectivity index (χ4n) is 1.43. The maximum absolute atomic E-state index is 11.2. The number of carbonyl (C=O) groups is 1. The Morgan fingerprint density at radius 3 is 3.18 bits per heavy atom. The summed E-state index contributed by atoms with van der Waals surface area (Å²) in [5, 5.41) is 5.93. The van der Waals surface area contributed by atoms with E-state index < -0.39 is 0 Å². The fraction of sp³-hybridized carbons (Fsp3) is 0.875. The first-order valence-electron chi connectivity index (χ1n) is 4.27. The van der Waals surface area contributed by atoms with Gasteiger partial charge < -0.3 is 10.6 Å². The molecule has 1 unspecified atom stereocenters. The molecule has 11 heavy (non-hydrogen) atoms. The van der Waals surface area contributed by atoms with E-state index in [9.17, 15) is 4.79 Å². The van der Waals surface area contributed by atoms with E-state index in [4.69, 9.17) is 0 Å². The van der Waals surface area contributed by atoms with E-state index in [2.05, 4.69) is 10.6 Å². The van der Waals surface area contributed by atoms with Crippen LogP contribution < -0.4 is 10.6 Å². The molecule has 1 aliphatic rings. The van der Waals surface area contributed by atoms with Crippen molar-refractivity contribution in [3.8, 4) is 0 Å². The van der Waals surface area contributed by atoms with Gasteiger partial charge >= 0.3 is 0 Å². The van der Waals surface area contributed by atoms with E-state index in [0.717, 1.165) is 32.4 Å². The first-order valence-corrected chi connectivity index (χ1v) is 4.27. The molecule has 0 aromatic heterocycles. The molecule has 1 amide bonds. The number of hydrogen-bond acceptors (Lipinski definition) is 2. The molecule has 0 aromatic rings. The summed E-state index contributed by atoms with van der Waals surface area (Å²) in [6.45, 7) is 1.81. The van der Waals surface area contributed by atoms with Gasteiger partial charge in [0.05, 0.1) is 0 Å². The Balaban J connectivity index is 2.24. The van der Waals surface area contributed by atoms with Crippen molar-refractivity contribution < 1.29 is 4.79 Å². The van der Waals surface area contributed by atoms with Crippen molar-refractivity contribution in [3.05, 3.63) is 0 Å². The van der Waals surface area contributed by atoms with Gasteiger partial charge in [-0.3, -0.25) is 4.79 Å². The highest BCUT2D eigenvalue weighted by Gasteiger charge is 2.20. The first-order chi connectivity index (χ1) is 5.34. The van der Waals surface area contributed by atoms with Gasteiger partial charge in [0.15, 0.2) is 0 Å². The summed E-state index contributed by atoms with van der Waals surface area (Å²) in [4.78, 5) is 11.2. The van der Waals surface area contributed by atoms with E-state index in [-0.39, 0.29) is 11.8 Å². The molecular weight excluding hydrogens is 140 g/mol. The van der Waals surface area contributed by atoms with Crippen molar-refractivity contribution >= 4 is 5.91 Å². The van der Waals surface area contributed by atoms with Gasteiger partial charge in [0, 0.05) is 12.5 Å². The van der Waals surface area contributed by atoms with Crippen LogP contribution in [0.4, 0.5) is 0 Å². The smallest absolute Gasteiger partial charge is 0.223 e. The van der Waals surface area contributed by atoms with Gasteiger partial charge in [-0.05, 0) is 32.9 Å². The maximum atomic E-state index is 11.2. The molecule has 1 saturated heterocycles. The molecule has 0 bridgehead atoms. The number of piperidine rings is 1. The molecule has 0 aliphatic carbocycles. The molecule has 3 nitrogen and oxygen atoms in total. The molecule has 0 spiro atoms. The molecular formula is C8H16N2O. The number of amides is 1. The van der Waals surface area contributed by atoms with Crippen molar-refractivity contribution in [1.82, 2.24) is 10.6 Å². The molecule has 1 rings (SSSR count). The quantitative estimate of drug-likeness (QED) is 0.609. The van der Waals surface area contributed by atoms with E-state index in [1.807, 2.05) is 7.05 Å². The van der Waals surface area contributed by atoms with Crippen LogP contribution in [-0.4, -0.2) is 26.0 Å². The van der Waals surface area contributed by atoms with Gasteiger partial charge in [-0.1, -0.05) is 0 Å². The monoisotopic (exact) mass is 156 g/mol. The van der Waals surface area contributed by atoms with Gasteiger partial charge in [0.2, 0.25) is 5.91 Å². The van der Waals surface area contributed by atoms with Crippen LogP contribution in [0.3, 0.4) is 0 Å². The largest absolute Gasteiger partial charge is 0.356 e. The molecule has 0 radical (unpaired) electrons. The van der Waals surface area contributed by atoms with E-state index >= 15 is 0 Å². The van der Waals surface area contributed by atoms with Gasteiger partial charge in [-0.2, -0.15) is 0 Å². The molecule has 0 aromatic carbocycles. The van der Waals surface area contributed by atoms with Crippen LogP contribution in [0.2, 0.25) is 0 Å². The third-order valence-corrected chi connectivity index (χ3v) is 2.14. The number of rotatable bonds is 3. The van der Waals surface area contributed by atoms with Crippen LogP contribution in [0.1, 0.15) is 19.3 Å². The van der Waals surface area contributed by atoms with Crippen LogP contribution in [0.15, 0.2) is 0 Å². The minimum atomic E-state index is 0.242. The lowest BCUT2D eigenvalue weighted by molar-refractivity contribution is -0.126. The van der Waals surface area contributed by atoms with Crippen molar-refractivity contribution in [2.24, 2.45) is 5.92 Å². The normalized spacial score (nSPS) is 24.8. The van der Waals surface area contributed by atoms with Crippen LogP contribution in [0, 0.1) is 5.92 Å². The Bertz CT molecular complexity index is 136. The lowest BCUT2D eigenvalue weighted by Gasteiger charge is -2.21. The number of carbonyl (C=O) groups excluding carboxylic acids is 1. The number of hydrogen-bond donors (Lipinski definition) is 2. The third kappa shape index (κ3) is 2.50. The van der Waals surface area contributed by atoms with E-state index in [1.54, 1.807) is 0 Å². The predicted octanol–water partition coefficient (Wildman–Crippen LogP) is 0.122. The average molecular weight is 156 g/mol. The summed E-state index contributed by atoms with van der Waals surface area (Å²) in [5.74, 6) is 0.502. The van der Waals surface area contributed by atoms with E-state index in [1.165, 1.54) is 0 Å². The van der Waals surface area contributed by atoms with Gasteiger partial charge in [-0.15, -0.1) is 0 Å². The van der Waals surface area contributed by atoms with Crippen LogP contribution >= 0.6 is 0 Å². The molecule has 1 heterocycles. The first kappa shape index (κ1) is 8.53. The van der Waals surface area contributed by atoms with Crippen molar-refractivity contribution in [3.63, 3.8) is 0 Å². The topological polar surface area (TPSA) is 41.1 Å². The van der Waals surface area contributed by atoms with Crippen molar-refractivity contribution in [2.75, 3.05) is 20.1 Å². The minimum absolute atomic E-state index is 0.242. The summed E-state index contributed by atoms with van der Waals surface area (Å²) in [6, 6.07) is 0. The zero-order chi connectivity index (χ0) is 8.10. The average Bonchev–Trinajstić information content (AvgIpc) is 2.03. The molecule has 2 N–H and O–H groups in total. The second kappa shape index (κ2) is 4.34. The van der Waals surface area contributed by atoms with Crippen molar-refractivity contribution in [1.29, 1.82) is 0 Å². The maximum Gasteiger partial charge on any atom is 0.223 e. The fourth-order valence-corrected chi connectivity index (χ4v) is 1.43. The SMILES string of the molecule is CNCCC1CCCNC1=O. The van der Waals surface area contributed by atoms with Crippen LogP contribution in [-0.2, 0) is 4.79 Å². The summed E-state index contributed by atoms with van der Waals surface area (Å²) >= 11 is 0. The Hall–Kier alpha value is -0.570. The molecule has 0 saturated carbocycles. The second-order valence-corrected chi connectivity index (χ2v) is 3.02. The molecule has 1 aliphatic heterocycles. The summed E-state index contributed by atoms with van der Waals surface area (Å²) < 4.78 is 0. The van der Waals surface area contributed by atoms with Gasteiger partial charge in [0.1, 0.15) is 0 Å². The zero-order valence-corrected chi connectivity index (χ0v) is 7.02. The lowest BCUT2D eigenvalue weighted by atomic mass is 9.95. The van der Waals surface area contributed by atoms with Crippen LogP contribution in [0.5, 0.6) is 0 Å². The third-order valence-electron chi connectivity index (χ3n) is 2.14. The lowest BCUT2D eigenvalue weighted by Crippen LogP contribution is -2.37. The Kier molecular flexibility index (Phi) is 3.36. The van der Waals surface area contributed by atoms with E-state index in [0.29, 0.717) is 0 Å². The summed E-state index contributed by atoms with van der Waals surface area (Å²) in [7, 11) is 1.92. The predicted molar refractivity (Wildman–Crippen MR) is 44.3 cm³/mol. The Morgan fingerprint density at radius 1 is 1.73 bits per heavy atom. The summed E-state index contributed by atoms with van der Waals surface area (Å²) in [5.41, 5.74) is 0. The number of nitrogens with one attached hydrogen (secondary N) is 2. The van der Waals surface area contributed by atoms with Crippen molar-refractivity contribution in [2.45, 2.75) is 19.3 Å². The van der Waals surface area contributed by atoms with Gasteiger partial charge in [-0.25, -0.2) is 0 Å². The minimum Gasteiger partial charge on any atom is -0.356 e. The highest BCUT2D eigenvalue weighted by atomic mass is 16.1. The highest BCUT2D eigenvalue weighted by molar-refractivity contribution is 5.79. The molecule has 3 heteroatoms. The Labute approximate surface area is 67.5 Å². The zero-order valence-electron chi connectivity index (χ0n) is 7.02. The standard InChI is InChI=1S/C8H16N2O/c1-9-6-4-7-3-2-5-10-8(7)11/h7,9H,2-6H2,1H3,(H,10,11). The highest BCUT2D eigenvalue weighted by Crippen LogP contribution is 2.13. The molecule has 64 valence electrons. The van der Waals surface area contributed by atoms with Crippen LogP contribution in [0.25, 0.3) is 0 Å². The molecule has 1 fully saturated rings. The Morgan fingerprint density at radius 2 is 2.55 bits per heavy atom. The molecule has 1 atom stereocenters.